The second-order valence-electron chi connectivity index (χ2n) is 11.5. The minimum Gasteiger partial charge on any atom is -0.478 e. The minimum absolute atomic E-state index is 0.242. The Labute approximate surface area is 294 Å². The van der Waals surface area contributed by atoms with Gasteiger partial charge in [0.1, 0.15) is 17.4 Å². The van der Waals surface area contributed by atoms with E-state index in [9.17, 15) is 23.1 Å². The van der Waals surface area contributed by atoms with Crippen LogP contribution in [0.15, 0.2) is 120 Å². The topological polar surface area (TPSA) is 138 Å². The molecule has 3 N–H and O–H groups in total. The first-order valence-electron chi connectivity index (χ1n) is 15.3. The van der Waals surface area contributed by atoms with Crippen LogP contribution in [0.3, 0.4) is 0 Å². The Balaban J connectivity index is 0.000000159. The van der Waals surface area contributed by atoms with Gasteiger partial charge in [0.05, 0.1) is 16.6 Å². The number of thiophene rings is 2. The van der Waals surface area contributed by atoms with Crippen molar-refractivity contribution >= 4 is 109 Å². The number of fused-ring (bicyclic) bond motifs is 6. The summed E-state index contributed by atoms with van der Waals surface area (Å²) in [6.07, 6.45) is 1.06. The monoisotopic (exact) mass is 716 g/mol. The van der Waals surface area contributed by atoms with E-state index in [1.807, 2.05) is 95.7 Å². The number of aromatic nitrogens is 2. The molecule has 9 nitrogen and oxygen atoms in total. The number of rotatable bonds is 8. The zero-order valence-electron chi connectivity index (χ0n) is 26.5. The first-order chi connectivity index (χ1) is 24.1. The second kappa shape index (κ2) is 13.7. The third kappa shape index (κ3) is 7.03. The zero-order valence-corrected chi connectivity index (χ0v) is 28.9. The molecule has 4 heterocycles. The summed E-state index contributed by atoms with van der Waals surface area (Å²) in [5.41, 5.74) is 3.79. The summed E-state index contributed by atoms with van der Waals surface area (Å²) in [5, 5.41) is 23.8. The number of nitrogens with one attached hydrogen (secondary N) is 2. The van der Waals surface area contributed by atoms with Gasteiger partial charge in [0.15, 0.2) is 15.6 Å². The lowest BCUT2D eigenvalue weighted by atomic mass is 10.1. The van der Waals surface area contributed by atoms with E-state index in [4.69, 9.17) is 4.98 Å². The highest BCUT2D eigenvalue weighted by molar-refractivity contribution is 7.91. The summed E-state index contributed by atoms with van der Waals surface area (Å²) in [6, 6.07) is 33.8. The molecular formula is C38H28N4O5S3. The lowest BCUT2D eigenvalue weighted by molar-refractivity contribution is 0.0696. The first-order valence-corrected chi connectivity index (χ1v) is 19.2. The molecule has 0 spiro atoms. The molecule has 4 aromatic heterocycles. The van der Waals surface area contributed by atoms with Gasteiger partial charge in [-0.05, 0) is 65.4 Å². The van der Waals surface area contributed by atoms with Gasteiger partial charge >= 0.3 is 5.97 Å². The second-order valence-corrected chi connectivity index (χ2v) is 15.5. The van der Waals surface area contributed by atoms with E-state index in [0.717, 1.165) is 54.4 Å². The van der Waals surface area contributed by atoms with Crippen molar-refractivity contribution in [3.8, 4) is 0 Å². The van der Waals surface area contributed by atoms with Crippen LogP contribution < -0.4 is 10.6 Å². The normalized spacial score (nSPS) is 11.4. The minimum atomic E-state index is -3.38. The van der Waals surface area contributed by atoms with Gasteiger partial charge in [-0.25, -0.2) is 23.2 Å². The molecule has 50 heavy (non-hydrogen) atoms. The van der Waals surface area contributed by atoms with E-state index in [1.54, 1.807) is 46.9 Å². The molecule has 12 heteroatoms. The van der Waals surface area contributed by atoms with Crippen LogP contribution in [-0.2, 0) is 9.84 Å². The Morgan fingerprint density at radius 1 is 0.640 bits per heavy atom. The molecule has 0 unspecified atom stereocenters. The highest BCUT2D eigenvalue weighted by Crippen LogP contribution is 2.36. The van der Waals surface area contributed by atoms with Crippen molar-refractivity contribution in [1.29, 1.82) is 0 Å². The number of benzene rings is 4. The molecule has 0 saturated heterocycles. The lowest BCUT2D eigenvalue weighted by Crippen LogP contribution is -2.14. The van der Waals surface area contributed by atoms with E-state index in [1.165, 1.54) is 0 Å². The molecule has 0 radical (unpaired) electrons. The SMILES string of the molecule is CS(=O)(=O)CC(=O)c1ccc2c(c1)nc(Nc1ccccc1)c1ccsc12.O=C(O)c1ccc2c(c1)nc(Nc1ccccc1)c1ccsc12. The van der Waals surface area contributed by atoms with Crippen molar-refractivity contribution in [2.24, 2.45) is 0 Å². The number of anilines is 4. The number of aromatic carboxylic acids is 1. The van der Waals surface area contributed by atoms with Crippen molar-refractivity contribution in [2.75, 3.05) is 22.6 Å². The van der Waals surface area contributed by atoms with Gasteiger partial charge in [-0.15, -0.1) is 22.7 Å². The van der Waals surface area contributed by atoms with Gasteiger partial charge in [-0.3, -0.25) is 4.79 Å². The number of para-hydroxylation sites is 2. The molecule has 0 saturated carbocycles. The number of ketones is 1. The largest absolute Gasteiger partial charge is 0.478 e. The summed E-state index contributed by atoms with van der Waals surface area (Å²) in [6.45, 7) is 0. The third-order valence-corrected chi connectivity index (χ3v) is 10.5. The number of carboxylic acid groups (broad SMARTS) is 1. The number of Topliss-reactive ketones (excluding diaryl/α,β-unsaturated/α-hetero) is 1. The predicted octanol–water partition coefficient (Wildman–Crippen LogP) is 9.31. The standard InChI is InChI=1S/C20H16N2O3S2.C18H12N2O2S/c1-27(24,25)12-18(23)13-7-8-15-17(11-13)22-20(16-9-10-26-19(15)16)21-14-5-3-2-4-6-14;21-18(22)11-6-7-13-15(10-11)20-17(14-8-9-23-16(13)14)19-12-4-2-1-3-5-12/h2-11H,12H2,1H3,(H,21,22);1-10H,(H,19,20)(H,21,22). The van der Waals surface area contributed by atoms with Crippen LogP contribution in [0.1, 0.15) is 20.7 Å². The number of pyridine rings is 2. The van der Waals surface area contributed by atoms with E-state index >= 15 is 0 Å². The Bertz CT molecular complexity index is 2660. The van der Waals surface area contributed by atoms with Gasteiger partial charge in [0.2, 0.25) is 0 Å². The van der Waals surface area contributed by atoms with E-state index in [2.05, 4.69) is 15.6 Å². The summed E-state index contributed by atoms with van der Waals surface area (Å²) < 4.78 is 25.0. The number of carboxylic acids is 1. The maximum atomic E-state index is 12.3. The summed E-state index contributed by atoms with van der Waals surface area (Å²) in [4.78, 5) is 32.8. The number of carbonyl (C=O) groups is 2. The van der Waals surface area contributed by atoms with Crippen LogP contribution in [0.2, 0.25) is 0 Å². The smallest absolute Gasteiger partial charge is 0.335 e. The fourth-order valence-corrected chi connectivity index (χ4v) is 8.04. The molecule has 0 aliphatic rings. The van der Waals surface area contributed by atoms with Gasteiger partial charge in [0, 0.05) is 54.1 Å². The molecule has 0 atom stereocenters. The van der Waals surface area contributed by atoms with E-state index in [0.29, 0.717) is 22.4 Å². The number of hydrogen-bond donors (Lipinski definition) is 3. The fraction of sp³-hybridized carbons (Fsp3) is 0.0526. The Hall–Kier alpha value is -5.69. The van der Waals surface area contributed by atoms with Crippen molar-refractivity contribution < 1.29 is 23.1 Å². The maximum absolute atomic E-state index is 12.3. The average molecular weight is 717 g/mol. The molecule has 0 fully saturated rings. The fourth-order valence-electron chi connectivity index (χ4n) is 5.54. The molecule has 248 valence electrons. The summed E-state index contributed by atoms with van der Waals surface area (Å²) in [7, 11) is -3.38. The lowest BCUT2D eigenvalue weighted by Gasteiger charge is -2.10. The highest BCUT2D eigenvalue weighted by atomic mass is 32.2. The number of hydrogen-bond acceptors (Lipinski definition) is 10. The van der Waals surface area contributed by atoms with Gasteiger partial charge in [0.25, 0.3) is 0 Å². The van der Waals surface area contributed by atoms with Crippen molar-refractivity contribution in [1.82, 2.24) is 9.97 Å². The Kier molecular flexibility index (Phi) is 8.98. The van der Waals surface area contributed by atoms with Gasteiger partial charge < -0.3 is 15.7 Å². The average Bonchev–Trinajstić information content (AvgIpc) is 3.80. The van der Waals surface area contributed by atoms with E-state index in [-0.39, 0.29) is 5.56 Å². The molecule has 0 amide bonds. The van der Waals surface area contributed by atoms with Gasteiger partial charge in [-0.2, -0.15) is 0 Å². The molecule has 0 aliphatic carbocycles. The zero-order chi connectivity index (χ0) is 34.8. The Morgan fingerprint density at radius 2 is 1.10 bits per heavy atom. The highest BCUT2D eigenvalue weighted by Gasteiger charge is 2.17. The molecule has 8 aromatic rings. The van der Waals surface area contributed by atoms with Crippen LogP contribution in [0.5, 0.6) is 0 Å². The van der Waals surface area contributed by atoms with Crippen molar-refractivity contribution in [3.05, 3.63) is 131 Å². The number of sulfone groups is 1. The summed E-state index contributed by atoms with van der Waals surface area (Å²) >= 11 is 3.23. The van der Waals surface area contributed by atoms with Crippen LogP contribution >= 0.6 is 22.7 Å². The third-order valence-electron chi connectivity index (χ3n) is 7.83. The number of nitrogens with zero attached hydrogens (tertiary/aromatic N) is 2. The van der Waals surface area contributed by atoms with Crippen LogP contribution in [0.4, 0.5) is 23.0 Å². The molecule has 4 aromatic carbocycles. The van der Waals surface area contributed by atoms with Crippen LogP contribution in [0.25, 0.3) is 42.0 Å². The number of carbonyl (C=O) groups excluding carboxylic acids is 1. The van der Waals surface area contributed by atoms with Crippen molar-refractivity contribution in [2.45, 2.75) is 0 Å². The van der Waals surface area contributed by atoms with Gasteiger partial charge in [-0.1, -0.05) is 54.6 Å². The van der Waals surface area contributed by atoms with Crippen molar-refractivity contribution in [3.63, 3.8) is 0 Å². The van der Waals surface area contributed by atoms with E-state index < -0.39 is 27.3 Å². The molecular weight excluding hydrogens is 689 g/mol. The quantitative estimate of drug-likeness (QED) is 0.131. The molecule has 0 bridgehead atoms. The Morgan fingerprint density at radius 3 is 1.56 bits per heavy atom. The molecule has 0 aliphatic heterocycles. The maximum Gasteiger partial charge on any atom is 0.335 e. The first kappa shape index (κ1) is 32.8. The molecule has 8 rings (SSSR count). The summed E-state index contributed by atoms with van der Waals surface area (Å²) in [5.74, 6) is -0.433. The van der Waals surface area contributed by atoms with Crippen LogP contribution in [0, 0.1) is 0 Å². The predicted molar refractivity (Wildman–Crippen MR) is 205 cm³/mol. The van der Waals surface area contributed by atoms with Crippen LogP contribution in [-0.4, -0.2) is 47.3 Å².